The zero-order chi connectivity index (χ0) is 14.5. The zero-order valence-electron chi connectivity index (χ0n) is 12.7. The molecule has 3 heteroatoms. The van der Waals surface area contributed by atoms with Crippen LogP contribution in [0.3, 0.4) is 0 Å². The van der Waals surface area contributed by atoms with Gasteiger partial charge in [-0.1, -0.05) is 25.8 Å². The third-order valence-corrected chi connectivity index (χ3v) is 4.50. The van der Waals surface area contributed by atoms with Crippen LogP contribution in [-0.2, 0) is 6.42 Å². The van der Waals surface area contributed by atoms with Gasteiger partial charge in [-0.2, -0.15) is 0 Å². The fourth-order valence-electron chi connectivity index (χ4n) is 3.27. The van der Waals surface area contributed by atoms with Crippen LogP contribution in [0.25, 0.3) is 0 Å². The van der Waals surface area contributed by atoms with Gasteiger partial charge in [0.1, 0.15) is 5.82 Å². The summed E-state index contributed by atoms with van der Waals surface area (Å²) in [7, 11) is 0. The van der Waals surface area contributed by atoms with Crippen LogP contribution >= 0.6 is 0 Å². The molecule has 2 rings (SSSR count). The summed E-state index contributed by atoms with van der Waals surface area (Å²) in [6, 6.07) is 6.04. The average molecular weight is 278 g/mol. The van der Waals surface area contributed by atoms with Crippen LogP contribution in [0.15, 0.2) is 18.2 Å². The number of anilines is 1. The first-order valence-electron chi connectivity index (χ1n) is 7.97. The van der Waals surface area contributed by atoms with Crippen LogP contribution in [-0.4, -0.2) is 18.6 Å². The van der Waals surface area contributed by atoms with E-state index in [1.807, 2.05) is 6.07 Å². The summed E-state index contributed by atoms with van der Waals surface area (Å²) in [6.07, 6.45) is 6.54. The Kier molecular flexibility index (Phi) is 5.41. The summed E-state index contributed by atoms with van der Waals surface area (Å²) in [6.45, 7) is 5.15. The molecule has 1 fully saturated rings. The molecule has 0 amide bonds. The van der Waals surface area contributed by atoms with Crippen molar-refractivity contribution in [3.8, 4) is 0 Å². The second-order valence-electron chi connectivity index (χ2n) is 5.83. The molecule has 1 unspecified atom stereocenters. The normalized spacial score (nSPS) is 17.4. The molecule has 2 nitrogen and oxygen atoms in total. The number of rotatable bonds is 6. The number of hydrogen-bond donors (Lipinski definition) is 1. The Balaban J connectivity index is 2.30. The molecule has 0 spiro atoms. The second kappa shape index (κ2) is 7.07. The van der Waals surface area contributed by atoms with Gasteiger partial charge in [-0.25, -0.2) is 4.39 Å². The van der Waals surface area contributed by atoms with E-state index in [1.54, 1.807) is 6.07 Å². The van der Waals surface area contributed by atoms with Gasteiger partial charge in [0.2, 0.25) is 0 Å². The first-order chi connectivity index (χ1) is 9.67. The highest BCUT2D eigenvalue weighted by Gasteiger charge is 2.24. The van der Waals surface area contributed by atoms with Crippen molar-refractivity contribution in [2.75, 3.05) is 11.4 Å². The number of halogens is 1. The van der Waals surface area contributed by atoms with E-state index >= 15 is 0 Å². The molecule has 1 atom stereocenters. The van der Waals surface area contributed by atoms with Gasteiger partial charge in [0.25, 0.3) is 0 Å². The van der Waals surface area contributed by atoms with Gasteiger partial charge in [-0.05, 0) is 44.7 Å². The van der Waals surface area contributed by atoms with Crippen LogP contribution in [0.4, 0.5) is 10.1 Å². The quantitative estimate of drug-likeness (QED) is 0.855. The molecule has 1 saturated carbocycles. The summed E-state index contributed by atoms with van der Waals surface area (Å²) < 4.78 is 14.2. The van der Waals surface area contributed by atoms with Crippen molar-refractivity contribution in [2.24, 2.45) is 5.73 Å². The standard InChI is InChI=1S/C17H27FN2/c1-3-13(19)12-15-16(18)10-7-11-17(15)20(4-2)14-8-5-6-9-14/h7,10-11,13-14H,3-6,8-9,12,19H2,1-2H3. The molecule has 0 aromatic heterocycles. The van der Waals surface area contributed by atoms with E-state index in [0.717, 1.165) is 24.2 Å². The molecule has 1 aromatic carbocycles. The maximum absolute atomic E-state index is 14.2. The third-order valence-electron chi connectivity index (χ3n) is 4.50. The largest absolute Gasteiger partial charge is 0.369 e. The summed E-state index contributed by atoms with van der Waals surface area (Å²) in [5.41, 5.74) is 7.91. The van der Waals surface area contributed by atoms with Gasteiger partial charge in [0.05, 0.1) is 0 Å². The first kappa shape index (κ1) is 15.3. The number of hydrogen-bond acceptors (Lipinski definition) is 2. The maximum atomic E-state index is 14.2. The smallest absolute Gasteiger partial charge is 0.128 e. The second-order valence-corrected chi connectivity index (χ2v) is 5.83. The summed E-state index contributed by atoms with van der Waals surface area (Å²) in [5.74, 6) is -0.108. The molecular weight excluding hydrogens is 251 g/mol. The highest BCUT2D eigenvalue weighted by atomic mass is 19.1. The molecule has 1 aliphatic carbocycles. The van der Waals surface area contributed by atoms with Crippen LogP contribution < -0.4 is 10.6 Å². The number of nitrogens with two attached hydrogens (primary N) is 1. The highest BCUT2D eigenvalue weighted by Crippen LogP contribution is 2.32. The molecule has 0 saturated heterocycles. The van der Waals surface area contributed by atoms with E-state index in [2.05, 4.69) is 24.8 Å². The fourth-order valence-corrected chi connectivity index (χ4v) is 3.27. The van der Waals surface area contributed by atoms with Gasteiger partial charge in [0, 0.05) is 29.9 Å². The predicted molar refractivity (Wildman–Crippen MR) is 83.6 cm³/mol. The molecule has 0 aliphatic heterocycles. The SMILES string of the molecule is CCC(N)Cc1c(F)cccc1N(CC)C1CCCC1. The number of nitrogens with zero attached hydrogens (tertiary/aromatic N) is 1. The minimum atomic E-state index is -0.108. The van der Waals surface area contributed by atoms with Gasteiger partial charge < -0.3 is 10.6 Å². The van der Waals surface area contributed by atoms with E-state index in [0.29, 0.717) is 12.5 Å². The topological polar surface area (TPSA) is 29.3 Å². The molecule has 2 N–H and O–H groups in total. The molecule has 0 bridgehead atoms. The Morgan fingerprint density at radius 2 is 2.00 bits per heavy atom. The van der Waals surface area contributed by atoms with Crippen molar-refractivity contribution in [3.05, 3.63) is 29.6 Å². The van der Waals surface area contributed by atoms with Crippen molar-refractivity contribution in [1.82, 2.24) is 0 Å². The Bertz CT molecular complexity index is 427. The third kappa shape index (κ3) is 3.32. The first-order valence-corrected chi connectivity index (χ1v) is 7.97. The van der Waals surface area contributed by atoms with Crippen molar-refractivity contribution in [1.29, 1.82) is 0 Å². The van der Waals surface area contributed by atoms with Crippen LogP contribution in [0, 0.1) is 5.82 Å². The summed E-state index contributed by atoms with van der Waals surface area (Å²) >= 11 is 0. The molecule has 0 radical (unpaired) electrons. The van der Waals surface area contributed by atoms with Crippen LogP contribution in [0.5, 0.6) is 0 Å². The average Bonchev–Trinajstić information content (AvgIpc) is 2.97. The van der Waals surface area contributed by atoms with Gasteiger partial charge in [-0.3, -0.25) is 0 Å². The molecule has 20 heavy (non-hydrogen) atoms. The van der Waals surface area contributed by atoms with E-state index in [-0.39, 0.29) is 11.9 Å². The molecule has 0 heterocycles. The van der Waals surface area contributed by atoms with E-state index in [4.69, 9.17) is 5.73 Å². The maximum Gasteiger partial charge on any atom is 0.128 e. The van der Waals surface area contributed by atoms with E-state index in [1.165, 1.54) is 25.7 Å². The van der Waals surface area contributed by atoms with Gasteiger partial charge in [0.15, 0.2) is 0 Å². The molecule has 112 valence electrons. The molecule has 1 aromatic rings. The zero-order valence-corrected chi connectivity index (χ0v) is 12.7. The monoisotopic (exact) mass is 278 g/mol. The molecule has 1 aliphatic rings. The van der Waals surface area contributed by atoms with Crippen molar-refractivity contribution >= 4 is 5.69 Å². The van der Waals surface area contributed by atoms with Gasteiger partial charge >= 0.3 is 0 Å². The minimum absolute atomic E-state index is 0.0351. The predicted octanol–water partition coefficient (Wildman–Crippen LogP) is 3.87. The van der Waals surface area contributed by atoms with Crippen LogP contribution in [0.2, 0.25) is 0 Å². The lowest BCUT2D eigenvalue weighted by Crippen LogP contribution is -2.34. The van der Waals surface area contributed by atoms with Crippen LogP contribution in [0.1, 0.15) is 51.5 Å². The lowest BCUT2D eigenvalue weighted by molar-refractivity contribution is 0.567. The Hall–Kier alpha value is -1.09. The Labute approximate surface area is 122 Å². The summed E-state index contributed by atoms with van der Waals surface area (Å²) in [4.78, 5) is 2.38. The Morgan fingerprint density at radius 3 is 2.60 bits per heavy atom. The van der Waals surface area contributed by atoms with Crippen molar-refractivity contribution in [3.63, 3.8) is 0 Å². The van der Waals surface area contributed by atoms with Crippen molar-refractivity contribution in [2.45, 2.75) is 64.5 Å². The van der Waals surface area contributed by atoms with E-state index in [9.17, 15) is 4.39 Å². The Morgan fingerprint density at radius 1 is 1.30 bits per heavy atom. The van der Waals surface area contributed by atoms with Gasteiger partial charge in [-0.15, -0.1) is 0 Å². The number of benzene rings is 1. The lowest BCUT2D eigenvalue weighted by atomic mass is 10.0. The highest BCUT2D eigenvalue weighted by molar-refractivity contribution is 5.55. The fraction of sp³-hybridized carbons (Fsp3) is 0.647. The van der Waals surface area contributed by atoms with E-state index < -0.39 is 0 Å². The van der Waals surface area contributed by atoms with Crippen molar-refractivity contribution < 1.29 is 4.39 Å². The lowest BCUT2D eigenvalue weighted by Gasteiger charge is -2.32. The minimum Gasteiger partial charge on any atom is -0.369 e. The summed E-state index contributed by atoms with van der Waals surface area (Å²) in [5, 5.41) is 0. The molecular formula is C17H27FN2.